The summed E-state index contributed by atoms with van der Waals surface area (Å²) in [6, 6.07) is 0. The van der Waals surface area contributed by atoms with E-state index in [1.807, 2.05) is 0 Å². The first kappa shape index (κ1) is 15.4. The monoisotopic (exact) mass is 281 g/mol. The largest absolute Gasteiger partial charge is 0.307 e. The molecule has 0 unspecified atom stereocenters. The molecule has 106 valence electrons. The van der Waals surface area contributed by atoms with Gasteiger partial charge in [-0.15, -0.1) is 0 Å². The van der Waals surface area contributed by atoms with Gasteiger partial charge in [-0.1, -0.05) is 13.3 Å². The molecular weight excluding hydrogens is 269 g/mol. The number of unbranched alkanes of at least 4 members (excludes halogenated alkanes) is 1. The van der Waals surface area contributed by atoms with Crippen LogP contribution in [-0.4, -0.2) is 12.5 Å². The fraction of sp³-hybridized carbons (Fsp3) is 0.417. The van der Waals surface area contributed by atoms with E-state index in [2.05, 4.69) is 0 Å². The number of anilines is 1. The van der Waals surface area contributed by atoms with Crippen molar-refractivity contribution in [3.8, 4) is 0 Å². The van der Waals surface area contributed by atoms with Crippen LogP contribution in [0.5, 0.6) is 0 Å². The van der Waals surface area contributed by atoms with Crippen LogP contribution >= 0.6 is 0 Å². The predicted molar refractivity (Wildman–Crippen MR) is 59.2 cm³/mol. The highest BCUT2D eigenvalue weighted by Crippen LogP contribution is 2.30. The summed E-state index contributed by atoms with van der Waals surface area (Å²) in [7, 11) is 0. The van der Waals surface area contributed by atoms with Crippen molar-refractivity contribution in [2.75, 3.05) is 11.4 Å². The first-order chi connectivity index (χ1) is 8.82. The molecule has 0 spiro atoms. The third-order valence-corrected chi connectivity index (χ3v) is 2.57. The smallest absolute Gasteiger partial charge is 0.224 e. The number of hydrogen-bond donors (Lipinski definition) is 0. The topological polar surface area (TPSA) is 20.3 Å². The van der Waals surface area contributed by atoms with Gasteiger partial charge in [0.1, 0.15) is 5.69 Å². The zero-order valence-corrected chi connectivity index (χ0v) is 10.4. The van der Waals surface area contributed by atoms with Crippen LogP contribution in [0.25, 0.3) is 0 Å². The number of benzene rings is 1. The maximum atomic E-state index is 13.5. The van der Waals surface area contributed by atoms with Crippen molar-refractivity contribution in [3.05, 3.63) is 29.1 Å². The molecule has 2 nitrogen and oxygen atoms in total. The van der Waals surface area contributed by atoms with E-state index >= 15 is 0 Å². The molecule has 0 aromatic heterocycles. The van der Waals surface area contributed by atoms with Crippen LogP contribution in [-0.2, 0) is 4.79 Å². The zero-order chi connectivity index (χ0) is 14.7. The minimum atomic E-state index is -2.24. The van der Waals surface area contributed by atoms with E-state index in [9.17, 15) is 26.7 Å². The summed E-state index contributed by atoms with van der Waals surface area (Å²) in [4.78, 5) is 11.9. The quantitative estimate of drug-likeness (QED) is 0.469. The van der Waals surface area contributed by atoms with Crippen LogP contribution in [0.3, 0.4) is 0 Å². The Bertz CT molecular complexity index is 474. The lowest BCUT2D eigenvalue weighted by Crippen LogP contribution is -2.32. The van der Waals surface area contributed by atoms with Crippen molar-refractivity contribution in [2.24, 2.45) is 0 Å². The summed E-state index contributed by atoms with van der Waals surface area (Å²) in [6.45, 7) is 2.63. The van der Waals surface area contributed by atoms with E-state index in [0.717, 1.165) is 6.92 Å². The molecule has 0 radical (unpaired) electrons. The number of nitrogens with zero attached hydrogens (tertiary/aromatic N) is 1. The molecule has 0 aliphatic carbocycles. The summed E-state index contributed by atoms with van der Waals surface area (Å²) in [5, 5.41) is 0. The van der Waals surface area contributed by atoms with Gasteiger partial charge in [-0.25, -0.2) is 22.0 Å². The number of carbonyl (C=O) groups is 1. The van der Waals surface area contributed by atoms with E-state index < -0.39 is 40.7 Å². The predicted octanol–water partition coefficient (Wildman–Crippen LogP) is 3.54. The van der Waals surface area contributed by atoms with Gasteiger partial charge in [-0.2, -0.15) is 0 Å². The molecule has 0 heterocycles. The highest BCUT2D eigenvalue weighted by Gasteiger charge is 2.30. The van der Waals surface area contributed by atoms with Crippen LogP contribution in [0.4, 0.5) is 27.6 Å². The lowest BCUT2D eigenvalue weighted by Gasteiger charge is -2.22. The maximum absolute atomic E-state index is 13.5. The molecule has 19 heavy (non-hydrogen) atoms. The van der Waals surface area contributed by atoms with Crippen LogP contribution in [0.2, 0.25) is 0 Å². The van der Waals surface area contributed by atoms with Gasteiger partial charge in [0.05, 0.1) is 0 Å². The Kier molecular flexibility index (Phi) is 4.85. The second-order valence-corrected chi connectivity index (χ2v) is 3.94. The van der Waals surface area contributed by atoms with Crippen molar-refractivity contribution in [3.63, 3.8) is 0 Å². The number of amides is 1. The average Bonchev–Trinajstić information content (AvgIpc) is 2.37. The molecule has 0 aliphatic heterocycles. The van der Waals surface area contributed by atoms with Crippen molar-refractivity contribution >= 4 is 11.6 Å². The van der Waals surface area contributed by atoms with Crippen LogP contribution < -0.4 is 4.90 Å². The Hall–Kier alpha value is -1.66. The first-order valence-corrected chi connectivity index (χ1v) is 5.62. The van der Waals surface area contributed by atoms with E-state index in [-0.39, 0.29) is 6.54 Å². The van der Waals surface area contributed by atoms with Gasteiger partial charge in [-0.05, 0) is 6.42 Å². The average molecular weight is 281 g/mol. The summed E-state index contributed by atoms with van der Waals surface area (Å²) >= 11 is 0. The lowest BCUT2D eigenvalue weighted by atomic mass is 10.2. The van der Waals surface area contributed by atoms with Crippen molar-refractivity contribution < 1.29 is 26.7 Å². The SMILES string of the molecule is CCCCN(C(C)=O)c1c(F)c(F)c(F)c(F)c1F. The summed E-state index contributed by atoms with van der Waals surface area (Å²) < 4.78 is 66.0. The van der Waals surface area contributed by atoms with Gasteiger partial charge in [0.15, 0.2) is 23.3 Å². The Morgan fingerprint density at radius 3 is 1.74 bits per heavy atom. The van der Waals surface area contributed by atoms with Crippen molar-refractivity contribution in [1.29, 1.82) is 0 Å². The highest BCUT2D eigenvalue weighted by molar-refractivity contribution is 5.91. The molecule has 1 amide bonds. The molecule has 0 N–H and O–H groups in total. The number of hydrogen-bond acceptors (Lipinski definition) is 1. The summed E-state index contributed by atoms with van der Waals surface area (Å²) in [5.74, 6) is -11.1. The number of carbonyl (C=O) groups excluding carboxylic acids is 1. The second-order valence-electron chi connectivity index (χ2n) is 3.94. The Morgan fingerprint density at radius 2 is 1.37 bits per heavy atom. The molecule has 0 saturated heterocycles. The van der Waals surface area contributed by atoms with Crippen molar-refractivity contribution in [1.82, 2.24) is 0 Å². The molecule has 0 atom stereocenters. The molecular formula is C12H12F5NO. The van der Waals surface area contributed by atoms with E-state index in [4.69, 9.17) is 0 Å². The second kappa shape index (κ2) is 5.99. The van der Waals surface area contributed by atoms with Gasteiger partial charge in [0, 0.05) is 13.5 Å². The van der Waals surface area contributed by atoms with E-state index in [1.165, 1.54) is 0 Å². The number of rotatable bonds is 4. The van der Waals surface area contributed by atoms with Crippen LogP contribution in [0.15, 0.2) is 0 Å². The molecule has 7 heteroatoms. The molecule has 0 fully saturated rings. The van der Waals surface area contributed by atoms with Crippen LogP contribution in [0.1, 0.15) is 26.7 Å². The standard InChI is InChI=1S/C12H12F5NO/c1-3-4-5-18(6(2)19)12-10(16)8(14)7(13)9(15)11(12)17/h3-5H2,1-2H3. The van der Waals surface area contributed by atoms with E-state index in [0.29, 0.717) is 17.7 Å². The first-order valence-electron chi connectivity index (χ1n) is 5.62. The number of halogens is 5. The van der Waals surface area contributed by atoms with Crippen molar-refractivity contribution in [2.45, 2.75) is 26.7 Å². The molecule has 0 aliphatic rings. The summed E-state index contributed by atoms with van der Waals surface area (Å²) in [5.41, 5.74) is -1.20. The molecule has 0 saturated carbocycles. The third-order valence-electron chi connectivity index (χ3n) is 2.57. The van der Waals surface area contributed by atoms with E-state index in [1.54, 1.807) is 6.92 Å². The van der Waals surface area contributed by atoms with Crippen LogP contribution in [0, 0.1) is 29.1 Å². The third kappa shape index (κ3) is 2.85. The molecule has 1 aromatic rings. The molecule has 1 aromatic carbocycles. The Labute approximate surface area is 106 Å². The van der Waals surface area contributed by atoms with Gasteiger partial charge < -0.3 is 4.90 Å². The molecule has 1 rings (SSSR count). The van der Waals surface area contributed by atoms with Gasteiger partial charge in [0.2, 0.25) is 11.7 Å². The Morgan fingerprint density at radius 1 is 0.947 bits per heavy atom. The maximum Gasteiger partial charge on any atom is 0.224 e. The van der Waals surface area contributed by atoms with Gasteiger partial charge >= 0.3 is 0 Å². The van der Waals surface area contributed by atoms with Gasteiger partial charge in [-0.3, -0.25) is 4.79 Å². The lowest BCUT2D eigenvalue weighted by molar-refractivity contribution is -0.116. The fourth-order valence-electron chi connectivity index (χ4n) is 1.57. The molecule has 0 bridgehead atoms. The summed E-state index contributed by atoms with van der Waals surface area (Å²) in [6.07, 6.45) is 0.970. The van der Waals surface area contributed by atoms with Gasteiger partial charge in [0.25, 0.3) is 0 Å². The normalized spacial score (nSPS) is 10.7. The minimum Gasteiger partial charge on any atom is -0.307 e. The minimum absolute atomic E-state index is 0.121. The zero-order valence-electron chi connectivity index (χ0n) is 10.4. The highest BCUT2D eigenvalue weighted by atomic mass is 19.2. The Balaban J connectivity index is 3.42. The fourth-order valence-corrected chi connectivity index (χ4v) is 1.57.